The molecule has 5 nitrogen and oxygen atoms in total. The Kier molecular flexibility index (Phi) is 2.92. The molecule has 0 amide bonds. The van der Waals surface area contributed by atoms with Crippen molar-refractivity contribution in [2.24, 2.45) is 0 Å². The summed E-state index contributed by atoms with van der Waals surface area (Å²) in [6.45, 7) is 0. The number of hydrogen-bond donors (Lipinski definition) is 2. The van der Waals surface area contributed by atoms with E-state index in [1.54, 1.807) is 18.2 Å². The van der Waals surface area contributed by atoms with Gasteiger partial charge < -0.3 is 10.2 Å². The molecule has 0 aliphatic rings. The maximum absolute atomic E-state index is 11.3. The second kappa shape index (κ2) is 4.15. The molecule has 0 unspecified atom stereocenters. The minimum absolute atomic E-state index is 0.249. The van der Waals surface area contributed by atoms with Gasteiger partial charge in [-0.05, 0) is 11.5 Å². The Balaban J connectivity index is 3.02. The van der Waals surface area contributed by atoms with Crippen LogP contribution in [0.15, 0.2) is 35.2 Å². The molecular formula is C11H7ClO5S. The lowest BCUT2D eigenvalue weighted by Crippen LogP contribution is -2.05. The normalized spacial score (nSPS) is 11.6. The SMILES string of the molecule is O=C(O)c1c(S(=O)(=O)Cl)cc2ccccc2c1O. The zero-order valence-electron chi connectivity index (χ0n) is 8.79. The summed E-state index contributed by atoms with van der Waals surface area (Å²) >= 11 is 0. The molecule has 2 aromatic rings. The number of aromatic hydroxyl groups is 1. The van der Waals surface area contributed by atoms with Crippen molar-refractivity contribution in [2.45, 2.75) is 4.90 Å². The Morgan fingerprint density at radius 2 is 1.83 bits per heavy atom. The Morgan fingerprint density at radius 1 is 1.22 bits per heavy atom. The van der Waals surface area contributed by atoms with E-state index in [9.17, 15) is 18.3 Å². The highest BCUT2D eigenvalue weighted by Crippen LogP contribution is 2.35. The second-order valence-corrected chi connectivity index (χ2v) is 6.10. The highest BCUT2D eigenvalue weighted by molar-refractivity contribution is 8.13. The van der Waals surface area contributed by atoms with Crippen LogP contribution in [0.4, 0.5) is 0 Å². The monoisotopic (exact) mass is 286 g/mol. The highest BCUT2D eigenvalue weighted by atomic mass is 35.7. The van der Waals surface area contributed by atoms with Gasteiger partial charge in [0.25, 0.3) is 9.05 Å². The Morgan fingerprint density at radius 3 is 2.39 bits per heavy atom. The van der Waals surface area contributed by atoms with E-state index >= 15 is 0 Å². The van der Waals surface area contributed by atoms with Crippen LogP contribution in [-0.4, -0.2) is 24.6 Å². The van der Waals surface area contributed by atoms with E-state index in [2.05, 4.69) is 0 Å². The molecule has 2 N–H and O–H groups in total. The van der Waals surface area contributed by atoms with Gasteiger partial charge in [0.05, 0.1) is 0 Å². The molecule has 0 radical (unpaired) electrons. The summed E-state index contributed by atoms with van der Waals surface area (Å²) in [4.78, 5) is 10.4. The van der Waals surface area contributed by atoms with Crippen LogP contribution < -0.4 is 0 Å². The largest absolute Gasteiger partial charge is 0.506 e. The molecule has 0 saturated carbocycles. The third-order valence-electron chi connectivity index (χ3n) is 2.46. The number of hydrogen-bond acceptors (Lipinski definition) is 4. The molecule has 0 fully saturated rings. The number of carboxylic acid groups (broad SMARTS) is 1. The summed E-state index contributed by atoms with van der Waals surface area (Å²) in [5.74, 6) is -2.17. The van der Waals surface area contributed by atoms with Crippen LogP contribution in [0, 0.1) is 0 Å². The summed E-state index contributed by atoms with van der Waals surface area (Å²) in [5, 5.41) is 19.5. The number of carbonyl (C=O) groups is 1. The molecule has 2 rings (SSSR count). The lowest BCUT2D eigenvalue weighted by Gasteiger charge is -2.08. The van der Waals surface area contributed by atoms with E-state index in [4.69, 9.17) is 15.8 Å². The van der Waals surface area contributed by atoms with E-state index in [1.807, 2.05) is 0 Å². The molecule has 0 saturated heterocycles. The topological polar surface area (TPSA) is 91.7 Å². The molecule has 0 aromatic heterocycles. The third kappa shape index (κ3) is 2.00. The molecule has 0 aliphatic carbocycles. The van der Waals surface area contributed by atoms with Gasteiger partial charge in [0.15, 0.2) is 0 Å². The van der Waals surface area contributed by atoms with E-state index in [0.29, 0.717) is 5.39 Å². The molecular weight excluding hydrogens is 280 g/mol. The van der Waals surface area contributed by atoms with E-state index < -0.39 is 31.2 Å². The number of benzene rings is 2. The Hall–Kier alpha value is -1.79. The van der Waals surface area contributed by atoms with Crippen LogP contribution in [0.1, 0.15) is 10.4 Å². The Bertz CT molecular complexity index is 751. The minimum Gasteiger partial charge on any atom is -0.506 e. The first kappa shape index (κ1) is 12.7. The smallest absolute Gasteiger partial charge is 0.340 e. The van der Waals surface area contributed by atoms with E-state index in [1.165, 1.54) is 6.07 Å². The summed E-state index contributed by atoms with van der Waals surface area (Å²) in [6, 6.07) is 7.39. The van der Waals surface area contributed by atoms with Gasteiger partial charge in [-0.3, -0.25) is 0 Å². The van der Waals surface area contributed by atoms with Crippen molar-refractivity contribution in [2.75, 3.05) is 0 Å². The molecule has 2 aromatic carbocycles. The maximum atomic E-state index is 11.3. The number of carboxylic acids is 1. The molecule has 0 heterocycles. The van der Waals surface area contributed by atoms with Crippen molar-refractivity contribution in [1.82, 2.24) is 0 Å². The number of fused-ring (bicyclic) bond motifs is 1. The summed E-state index contributed by atoms with van der Waals surface area (Å²) < 4.78 is 22.7. The van der Waals surface area contributed by atoms with Crippen molar-refractivity contribution < 1.29 is 23.4 Å². The average Bonchev–Trinajstić information content (AvgIpc) is 2.27. The van der Waals surface area contributed by atoms with Gasteiger partial charge in [-0.15, -0.1) is 0 Å². The lowest BCUT2D eigenvalue weighted by molar-refractivity contribution is 0.0689. The van der Waals surface area contributed by atoms with Gasteiger partial charge in [0.1, 0.15) is 16.2 Å². The zero-order valence-corrected chi connectivity index (χ0v) is 10.4. The summed E-state index contributed by atoms with van der Waals surface area (Å²) in [5.41, 5.74) is -0.719. The lowest BCUT2D eigenvalue weighted by atomic mass is 10.1. The average molecular weight is 287 g/mol. The number of halogens is 1. The molecule has 7 heteroatoms. The van der Waals surface area contributed by atoms with Gasteiger partial charge in [0, 0.05) is 16.1 Å². The quantitative estimate of drug-likeness (QED) is 0.826. The first-order valence-corrected chi connectivity index (χ1v) is 7.06. The standard InChI is InChI=1S/C11H7ClO5S/c12-18(16,17)8-5-6-3-1-2-4-7(6)10(13)9(8)11(14)15/h1-5,13H,(H,14,15). The summed E-state index contributed by atoms with van der Waals surface area (Å²) in [7, 11) is 0.917. The van der Waals surface area contributed by atoms with Gasteiger partial charge >= 0.3 is 5.97 Å². The summed E-state index contributed by atoms with van der Waals surface area (Å²) in [6.07, 6.45) is 0. The second-order valence-electron chi connectivity index (χ2n) is 3.56. The number of rotatable bonds is 2. The van der Waals surface area contributed by atoms with Crippen molar-refractivity contribution in [1.29, 1.82) is 0 Å². The third-order valence-corrected chi connectivity index (χ3v) is 3.81. The van der Waals surface area contributed by atoms with Gasteiger partial charge in [-0.2, -0.15) is 0 Å². The van der Waals surface area contributed by atoms with Crippen molar-refractivity contribution in [3.05, 3.63) is 35.9 Å². The fraction of sp³-hybridized carbons (Fsp3) is 0. The predicted molar refractivity (Wildman–Crippen MR) is 65.6 cm³/mol. The fourth-order valence-corrected chi connectivity index (χ4v) is 2.76. The van der Waals surface area contributed by atoms with Crippen molar-refractivity contribution >= 4 is 36.5 Å². The van der Waals surface area contributed by atoms with Crippen LogP contribution in [-0.2, 0) is 9.05 Å². The molecule has 0 atom stereocenters. The maximum Gasteiger partial charge on any atom is 0.340 e. The van der Waals surface area contributed by atoms with Gasteiger partial charge in [-0.1, -0.05) is 24.3 Å². The zero-order chi connectivity index (χ0) is 13.5. The van der Waals surface area contributed by atoms with E-state index in [-0.39, 0.29) is 5.39 Å². The van der Waals surface area contributed by atoms with Crippen LogP contribution in [0.2, 0.25) is 0 Å². The highest BCUT2D eigenvalue weighted by Gasteiger charge is 2.25. The first-order chi connectivity index (χ1) is 8.32. The molecule has 18 heavy (non-hydrogen) atoms. The molecule has 0 aliphatic heterocycles. The van der Waals surface area contributed by atoms with Crippen molar-refractivity contribution in [3.63, 3.8) is 0 Å². The first-order valence-electron chi connectivity index (χ1n) is 4.75. The minimum atomic E-state index is -4.26. The number of phenols is 1. The van der Waals surface area contributed by atoms with Gasteiger partial charge in [0.2, 0.25) is 0 Å². The van der Waals surface area contributed by atoms with Crippen molar-refractivity contribution in [3.8, 4) is 5.75 Å². The van der Waals surface area contributed by atoms with Gasteiger partial charge in [-0.25, -0.2) is 13.2 Å². The Labute approximate surface area is 107 Å². The molecule has 0 spiro atoms. The fourth-order valence-electron chi connectivity index (χ4n) is 1.70. The van der Waals surface area contributed by atoms with Crippen LogP contribution in [0.3, 0.4) is 0 Å². The molecule has 0 bridgehead atoms. The van der Waals surface area contributed by atoms with Crippen LogP contribution in [0.5, 0.6) is 5.75 Å². The molecule has 94 valence electrons. The number of aromatic carboxylic acids is 1. The van der Waals surface area contributed by atoms with E-state index in [0.717, 1.165) is 6.07 Å². The van der Waals surface area contributed by atoms with Crippen LogP contribution >= 0.6 is 10.7 Å². The van der Waals surface area contributed by atoms with Crippen LogP contribution in [0.25, 0.3) is 10.8 Å². The predicted octanol–water partition coefficient (Wildman–Crippen LogP) is 2.17.